The molecule has 1 aromatic rings. The molecule has 0 saturated carbocycles. The second-order valence-electron chi connectivity index (χ2n) is 3.76. The molecule has 0 fully saturated rings. The van der Waals surface area contributed by atoms with Crippen molar-refractivity contribution in [3.8, 4) is 6.07 Å². The Morgan fingerprint density at radius 3 is 2.88 bits per heavy atom. The van der Waals surface area contributed by atoms with Crippen molar-refractivity contribution in [2.45, 2.75) is 39.2 Å². The Labute approximate surface area is 96.0 Å². The van der Waals surface area contributed by atoms with Gasteiger partial charge in [-0.25, -0.2) is 4.68 Å². The van der Waals surface area contributed by atoms with Gasteiger partial charge >= 0.3 is 0 Å². The lowest BCUT2D eigenvalue weighted by molar-refractivity contribution is 0.199. The Morgan fingerprint density at radius 2 is 2.31 bits per heavy atom. The van der Waals surface area contributed by atoms with E-state index >= 15 is 0 Å². The van der Waals surface area contributed by atoms with Gasteiger partial charge in [0.05, 0.1) is 30.8 Å². The number of ether oxygens (including phenoxy) is 1. The quantitative estimate of drug-likeness (QED) is 0.731. The van der Waals surface area contributed by atoms with Gasteiger partial charge in [0.1, 0.15) is 5.69 Å². The molecular weight excluding hydrogens is 204 g/mol. The normalized spacial score (nSPS) is 12.4. The Bertz CT molecular complexity index is 367. The van der Waals surface area contributed by atoms with Crippen molar-refractivity contribution >= 4 is 0 Å². The minimum Gasteiger partial charge on any atom is -0.384 e. The molecule has 0 aromatic carbocycles. The molecule has 1 unspecified atom stereocenters. The summed E-state index contributed by atoms with van der Waals surface area (Å²) in [6.07, 6.45) is 2.07. The van der Waals surface area contributed by atoms with Gasteiger partial charge in [0.25, 0.3) is 0 Å². The lowest BCUT2D eigenvalue weighted by Gasteiger charge is -2.12. The van der Waals surface area contributed by atoms with Crippen molar-refractivity contribution in [1.29, 1.82) is 5.26 Å². The number of hydrogen-bond donors (Lipinski definition) is 0. The molecular formula is C11H18N4O. The van der Waals surface area contributed by atoms with Crippen molar-refractivity contribution in [2.24, 2.45) is 0 Å². The maximum Gasteiger partial charge on any atom is 0.100 e. The van der Waals surface area contributed by atoms with E-state index in [-0.39, 0.29) is 0 Å². The standard InChI is InChI=1S/C11H18N4O/c1-4-9(2)15-11(6-8-16-3)10(5-7-12)13-14-15/h9H,4-6,8H2,1-3H3. The highest BCUT2D eigenvalue weighted by Crippen LogP contribution is 2.15. The lowest BCUT2D eigenvalue weighted by Crippen LogP contribution is -2.12. The summed E-state index contributed by atoms with van der Waals surface area (Å²) in [6.45, 7) is 4.83. The summed E-state index contributed by atoms with van der Waals surface area (Å²) < 4.78 is 6.97. The summed E-state index contributed by atoms with van der Waals surface area (Å²) >= 11 is 0. The largest absolute Gasteiger partial charge is 0.384 e. The highest BCUT2D eigenvalue weighted by Gasteiger charge is 2.15. The van der Waals surface area contributed by atoms with Crippen LogP contribution in [0, 0.1) is 11.3 Å². The summed E-state index contributed by atoms with van der Waals surface area (Å²) in [5.41, 5.74) is 1.80. The van der Waals surface area contributed by atoms with Crippen LogP contribution in [0.15, 0.2) is 0 Å². The van der Waals surface area contributed by atoms with Crippen LogP contribution >= 0.6 is 0 Å². The zero-order valence-electron chi connectivity index (χ0n) is 10.1. The van der Waals surface area contributed by atoms with E-state index in [1.54, 1.807) is 7.11 Å². The number of nitrogens with zero attached hydrogens (tertiary/aromatic N) is 4. The van der Waals surface area contributed by atoms with Crippen molar-refractivity contribution in [1.82, 2.24) is 15.0 Å². The molecule has 0 amide bonds. The Morgan fingerprint density at radius 1 is 1.56 bits per heavy atom. The fourth-order valence-electron chi connectivity index (χ4n) is 1.54. The number of nitriles is 1. The number of rotatable bonds is 6. The summed E-state index contributed by atoms with van der Waals surface area (Å²) in [7, 11) is 1.67. The Balaban J connectivity index is 2.94. The van der Waals surface area contributed by atoms with Crippen molar-refractivity contribution in [2.75, 3.05) is 13.7 Å². The third-order valence-corrected chi connectivity index (χ3v) is 2.67. The fraction of sp³-hybridized carbons (Fsp3) is 0.727. The first-order valence-electron chi connectivity index (χ1n) is 5.53. The first kappa shape index (κ1) is 12.7. The van der Waals surface area contributed by atoms with Gasteiger partial charge in [-0.2, -0.15) is 5.26 Å². The van der Waals surface area contributed by atoms with E-state index in [2.05, 4.69) is 30.2 Å². The van der Waals surface area contributed by atoms with E-state index in [1.165, 1.54) is 0 Å². The molecule has 88 valence electrons. The summed E-state index contributed by atoms with van der Waals surface area (Å²) in [6, 6.07) is 2.43. The predicted molar refractivity (Wildman–Crippen MR) is 59.9 cm³/mol. The van der Waals surface area contributed by atoms with Crippen LogP contribution in [0.3, 0.4) is 0 Å². The van der Waals surface area contributed by atoms with Crippen LogP contribution in [0.5, 0.6) is 0 Å². The van der Waals surface area contributed by atoms with Crippen LogP contribution in [0.4, 0.5) is 0 Å². The van der Waals surface area contributed by atoms with Gasteiger partial charge < -0.3 is 4.74 Å². The molecule has 0 aliphatic rings. The SMILES string of the molecule is CCC(C)n1nnc(CC#N)c1CCOC. The molecule has 5 heteroatoms. The summed E-state index contributed by atoms with van der Waals surface area (Å²) in [5, 5.41) is 16.9. The van der Waals surface area contributed by atoms with Crippen LogP contribution in [0.2, 0.25) is 0 Å². The monoisotopic (exact) mass is 222 g/mol. The predicted octanol–water partition coefficient (Wildman–Crippen LogP) is 1.50. The van der Waals surface area contributed by atoms with Gasteiger partial charge in [0, 0.05) is 13.5 Å². The number of hydrogen-bond acceptors (Lipinski definition) is 4. The van der Waals surface area contributed by atoms with Gasteiger partial charge in [-0.15, -0.1) is 5.10 Å². The molecule has 1 heterocycles. The molecule has 0 aliphatic carbocycles. The van der Waals surface area contributed by atoms with E-state index in [1.807, 2.05) is 4.68 Å². The number of aromatic nitrogens is 3. The Kier molecular flexibility index (Phi) is 4.93. The van der Waals surface area contributed by atoms with Crippen molar-refractivity contribution < 1.29 is 4.74 Å². The van der Waals surface area contributed by atoms with Crippen molar-refractivity contribution in [3.63, 3.8) is 0 Å². The van der Waals surface area contributed by atoms with Gasteiger partial charge in [0.2, 0.25) is 0 Å². The molecule has 0 bridgehead atoms. The maximum absolute atomic E-state index is 8.72. The first-order chi connectivity index (χ1) is 7.74. The molecule has 1 aromatic heterocycles. The van der Waals surface area contributed by atoms with E-state index in [0.29, 0.717) is 19.1 Å². The van der Waals surface area contributed by atoms with Crippen LogP contribution < -0.4 is 0 Å². The maximum atomic E-state index is 8.72. The molecule has 5 nitrogen and oxygen atoms in total. The lowest BCUT2D eigenvalue weighted by atomic mass is 10.2. The third-order valence-electron chi connectivity index (χ3n) is 2.67. The zero-order chi connectivity index (χ0) is 12.0. The summed E-state index contributed by atoms with van der Waals surface area (Å²) in [4.78, 5) is 0. The molecule has 0 aliphatic heterocycles. The molecule has 0 spiro atoms. The molecule has 16 heavy (non-hydrogen) atoms. The third kappa shape index (κ3) is 2.80. The van der Waals surface area contributed by atoms with E-state index in [0.717, 1.165) is 24.2 Å². The van der Waals surface area contributed by atoms with E-state index in [9.17, 15) is 0 Å². The topological polar surface area (TPSA) is 63.7 Å². The highest BCUT2D eigenvalue weighted by atomic mass is 16.5. The molecule has 1 rings (SSSR count). The average molecular weight is 222 g/mol. The average Bonchev–Trinajstić information content (AvgIpc) is 2.69. The second kappa shape index (κ2) is 6.23. The molecule has 0 N–H and O–H groups in total. The van der Waals surface area contributed by atoms with E-state index in [4.69, 9.17) is 10.00 Å². The van der Waals surface area contributed by atoms with Crippen LogP contribution in [0.1, 0.15) is 37.7 Å². The van der Waals surface area contributed by atoms with Gasteiger partial charge in [0.15, 0.2) is 0 Å². The molecule has 1 atom stereocenters. The van der Waals surface area contributed by atoms with Crippen molar-refractivity contribution in [3.05, 3.63) is 11.4 Å². The smallest absolute Gasteiger partial charge is 0.100 e. The summed E-state index contributed by atoms with van der Waals surface area (Å²) in [5.74, 6) is 0. The second-order valence-corrected chi connectivity index (χ2v) is 3.76. The van der Waals surface area contributed by atoms with Crippen LogP contribution in [-0.2, 0) is 17.6 Å². The highest BCUT2D eigenvalue weighted by molar-refractivity contribution is 5.15. The minimum absolute atomic E-state index is 0.312. The molecule has 0 radical (unpaired) electrons. The van der Waals surface area contributed by atoms with Gasteiger partial charge in [-0.1, -0.05) is 12.1 Å². The Hall–Kier alpha value is -1.41. The van der Waals surface area contributed by atoms with Crippen LogP contribution in [0.25, 0.3) is 0 Å². The van der Waals surface area contributed by atoms with Gasteiger partial charge in [-0.3, -0.25) is 0 Å². The van der Waals surface area contributed by atoms with E-state index < -0.39 is 0 Å². The van der Waals surface area contributed by atoms with Crippen LogP contribution in [-0.4, -0.2) is 28.7 Å². The first-order valence-corrected chi connectivity index (χ1v) is 5.53. The minimum atomic E-state index is 0.312. The fourth-order valence-corrected chi connectivity index (χ4v) is 1.54. The molecule has 0 saturated heterocycles. The van der Waals surface area contributed by atoms with Gasteiger partial charge in [-0.05, 0) is 13.3 Å². The zero-order valence-corrected chi connectivity index (χ0v) is 10.1. The number of methoxy groups -OCH3 is 1.